The van der Waals surface area contributed by atoms with E-state index in [-0.39, 0.29) is 11.3 Å². The summed E-state index contributed by atoms with van der Waals surface area (Å²) in [6.45, 7) is 8.77. The number of carbonyl (C=O) groups excluding carboxylic acids is 1. The zero-order valence-electron chi connectivity index (χ0n) is 14.9. The third-order valence-electron chi connectivity index (χ3n) is 4.26. The SMILES string of the molecule is CSc1nccc(N2CCC(CN(C)C(=O)C(C)(C)C)CC2)n1. The lowest BCUT2D eigenvalue weighted by atomic mass is 9.92. The van der Waals surface area contributed by atoms with Gasteiger partial charge in [0.25, 0.3) is 0 Å². The molecule has 1 fully saturated rings. The van der Waals surface area contributed by atoms with Gasteiger partial charge in [0.2, 0.25) is 5.91 Å². The van der Waals surface area contributed by atoms with Crippen LogP contribution in [0.3, 0.4) is 0 Å². The van der Waals surface area contributed by atoms with Crippen molar-refractivity contribution in [3.63, 3.8) is 0 Å². The maximum Gasteiger partial charge on any atom is 0.227 e. The summed E-state index contributed by atoms with van der Waals surface area (Å²) in [6, 6.07) is 1.98. The highest BCUT2D eigenvalue weighted by Gasteiger charge is 2.28. The van der Waals surface area contributed by atoms with E-state index >= 15 is 0 Å². The van der Waals surface area contributed by atoms with Crippen LogP contribution in [0.25, 0.3) is 0 Å². The van der Waals surface area contributed by atoms with Gasteiger partial charge in [-0.25, -0.2) is 9.97 Å². The van der Waals surface area contributed by atoms with Gasteiger partial charge in [-0.05, 0) is 31.1 Å². The normalized spacial score (nSPS) is 16.5. The lowest BCUT2D eigenvalue weighted by molar-refractivity contribution is -0.138. The van der Waals surface area contributed by atoms with E-state index in [2.05, 4.69) is 14.9 Å². The van der Waals surface area contributed by atoms with Crippen LogP contribution in [0.4, 0.5) is 5.82 Å². The number of nitrogens with zero attached hydrogens (tertiary/aromatic N) is 4. The van der Waals surface area contributed by atoms with Gasteiger partial charge in [-0.3, -0.25) is 4.79 Å². The van der Waals surface area contributed by atoms with Crippen LogP contribution in [-0.2, 0) is 4.79 Å². The van der Waals surface area contributed by atoms with E-state index in [1.165, 1.54) is 0 Å². The number of amides is 1. The molecule has 1 saturated heterocycles. The zero-order chi connectivity index (χ0) is 17.0. The van der Waals surface area contributed by atoms with Gasteiger partial charge in [0, 0.05) is 38.3 Å². The lowest BCUT2D eigenvalue weighted by Gasteiger charge is -2.35. The summed E-state index contributed by atoms with van der Waals surface area (Å²) >= 11 is 1.57. The van der Waals surface area contributed by atoms with Gasteiger partial charge >= 0.3 is 0 Å². The fourth-order valence-electron chi connectivity index (χ4n) is 2.99. The van der Waals surface area contributed by atoms with Crippen LogP contribution in [0.2, 0.25) is 0 Å². The molecule has 5 nitrogen and oxygen atoms in total. The van der Waals surface area contributed by atoms with Crippen molar-refractivity contribution in [2.45, 2.75) is 38.8 Å². The van der Waals surface area contributed by atoms with Crippen molar-refractivity contribution in [1.82, 2.24) is 14.9 Å². The highest BCUT2D eigenvalue weighted by atomic mass is 32.2. The van der Waals surface area contributed by atoms with Crippen molar-refractivity contribution < 1.29 is 4.79 Å². The molecule has 6 heteroatoms. The Morgan fingerprint density at radius 3 is 2.61 bits per heavy atom. The van der Waals surface area contributed by atoms with Crippen molar-refractivity contribution in [2.24, 2.45) is 11.3 Å². The van der Waals surface area contributed by atoms with E-state index in [0.29, 0.717) is 5.92 Å². The Morgan fingerprint density at radius 2 is 2.04 bits per heavy atom. The van der Waals surface area contributed by atoms with Gasteiger partial charge in [-0.1, -0.05) is 32.5 Å². The first-order valence-corrected chi connectivity index (χ1v) is 9.41. The summed E-state index contributed by atoms with van der Waals surface area (Å²) in [7, 11) is 1.93. The standard InChI is InChI=1S/C17H28N4OS/c1-17(2,3)15(22)20(4)12-13-7-10-21(11-8-13)14-6-9-18-16(19-14)23-5/h6,9,13H,7-8,10-12H2,1-5H3. The molecule has 128 valence electrons. The Kier molecular flexibility index (Phi) is 5.89. The predicted molar refractivity (Wildman–Crippen MR) is 95.8 cm³/mol. The molecule has 0 aliphatic carbocycles. The average molecular weight is 337 g/mol. The number of rotatable bonds is 4. The summed E-state index contributed by atoms with van der Waals surface area (Å²) in [5.74, 6) is 1.81. The number of aromatic nitrogens is 2. The molecule has 0 radical (unpaired) electrons. The largest absolute Gasteiger partial charge is 0.356 e. The minimum Gasteiger partial charge on any atom is -0.356 e. The summed E-state index contributed by atoms with van der Waals surface area (Å²) in [5.41, 5.74) is -0.301. The van der Waals surface area contributed by atoms with E-state index in [4.69, 9.17) is 0 Å². The molecule has 1 aromatic rings. The van der Waals surface area contributed by atoms with Crippen molar-refractivity contribution in [1.29, 1.82) is 0 Å². The predicted octanol–water partition coefficient (Wildman–Crippen LogP) is 2.92. The first-order valence-electron chi connectivity index (χ1n) is 8.19. The second-order valence-electron chi connectivity index (χ2n) is 7.27. The Labute approximate surface area is 143 Å². The smallest absolute Gasteiger partial charge is 0.227 e. The zero-order valence-corrected chi connectivity index (χ0v) is 15.7. The van der Waals surface area contributed by atoms with E-state index < -0.39 is 0 Å². The van der Waals surface area contributed by atoms with Crippen molar-refractivity contribution >= 4 is 23.5 Å². The number of anilines is 1. The molecule has 0 bridgehead atoms. The maximum absolute atomic E-state index is 12.3. The molecule has 0 unspecified atom stereocenters. The van der Waals surface area contributed by atoms with Crippen molar-refractivity contribution in [3.8, 4) is 0 Å². The molecule has 1 aliphatic heterocycles. The third-order valence-corrected chi connectivity index (χ3v) is 4.82. The molecule has 1 aromatic heterocycles. The molecular formula is C17H28N4OS. The van der Waals surface area contributed by atoms with Gasteiger partial charge in [-0.15, -0.1) is 0 Å². The van der Waals surface area contributed by atoms with E-state index in [0.717, 1.165) is 43.5 Å². The first kappa shape index (κ1) is 18.0. The molecule has 1 aliphatic rings. The Morgan fingerprint density at radius 1 is 1.39 bits per heavy atom. The number of hydrogen-bond donors (Lipinski definition) is 0. The Hall–Kier alpha value is -1.30. The Balaban J connectivity index is 1.87. The molecule has 0 spiro atoms. The molecule has 0 N–H and O–H groups in total. The number of carbonyl (C=O) groups is 1. The summed E-state index contributed by atoms with van der Waals surface area (Å²) in [4.78, 5) is 25.3. The van der Waals surface area contributed by atoms with Crippen molar-refractivity contribution in [2.75, 3.05) is 37.8 Å². The molecule has 0 aromatic carbocycles. The second kappa shape index (κ2) is 7.51. The molecule has 0 saturated carbocycles. The number of hydrogen-bond acceptors (Lipinski definition) is 5. The highest BCUT2D eigenvalue weighted by Crippen LogP contribution is 2.25. The fourth-order valence-corrected chi connectivity index (χ4v) is 3.34. The highest BCUT2D eigenvalue weighted by molar-refractivity contribution is 7.98. The van der Waals surface area contributed by atoms with Crippen LogP contribution in [0, 0.1) is 11.3 Å². The van der Waals surface area contributed by atoms with Crippen LogP contribution in [-0.4, -0.2) is 53.7 Å². The van der Waals surface area contributed by atoms with Gasteiger partial charge < -0.3 is 9.80 Å². The molecule has 23 heavy (non-hydrogen) atoms. The number of thioether (sulfide) groups is 1. The summed E-state index contributed by atoms with van der Waals surface area (Å²) < 4.78 is 0. The van der Waals surface area contributed by atoms with Gasteiger partial charge in [0.05, 0.1) is 0 Å². The van der Waals surface area contributed by atoms with E-state index in [1.807, 2.05) is 51.2 Å². The topological polar surface area (TPSA) is 49.3 Å². The van der Waals surface area contributed by atoms with Crippen LogP contribution < -0.4 is 4.90 Å². The molecular weight excluding hydrogens is 308 g/mol. The molecule has 2 heterocycles. The molecule has 2 rings (SSSR count). The number of piperidine rings is 1. The van der Waals surface area contributed by atoms with Crippen molar-refractivity contribution in [3.05, 3.63) is 12.3 Å². The minimum atomic E-state index is -0.301. The monoisotopic (exact) mass is 336 g/mol. The van der Waals surface area contributed by atoms with Crippen LogP contribution in [0.1, 0.15) is 33.6 Å². The van der Waals surface area contributed by atoms with E-state index in [9.17, 15) is 4.79 Å². The second-order valence-corrected chi connectivity index (χ2v) is 8.04. The fraction of sp³-hybridized carbons (Fsp3) is 0.706. The quantitative estimate of drug-likeness (QED) is 0.625. The van der Waals surface area contributed by atoms with E-state index in [1.54, 1.807) is 11.8 Å². The van der Waals surface area contributed by atoms with Crippen LogP contribution in [0.5, 0.6) is 0 Å². The van der Waals surface area contributed by atoms with Crippen LogP contribution in [0.15, 0.2) is 17.4 Å². The average Bonchev–Trinajstić information content (AvgIpc) is 2.54. The van der Waals surface area contributed by atoms with Gasteiger partial charge in [0.1, 0.15) is 5.82 Å². The Bertz CT molecular complexity index is 536. The molecule has 1 amide bonds. The maximum atomic E-state index is 12.3. The van der Waals surface area contributed by atoms with Crippen LogP contribution >= 0.6 is 11.8 Å². The first-order chi connectivity index (χ1) is 10.8. The molecule has 0 atom stereocenters. The summed E-state index contributed by atoms with van der Waals surface area (Å²) in [6.07, 6.45) is 6.02. The van der Waals surface area contributed by atoms with Gasteiger partial charge in [-0.2, -0.15) is 0 Å². The summed E-state index contributed by atoms with van der Waals surface area (Å²) in [5, 5.41) is 0.820. The van der Waals surface area contributed by atoms with Gasteiger partial charge in [0.15, 0.2) is 5.16 Å². The lowest BCUT2D eigenvalue weighted by Crippen LogP contribution is -2.43. The minimum absolute atomic E-state index is 0.223. The third kappa shape index (κ3) is 4.83.